The summed E-state index contributed by atoms with van der Waals surface area (Å²) >= 11 is 0. The molecule has 0 aromatic carbocycles. The van der Waals surface area contributed by atoms with Crippen molar-refractivity contribution in [3.8, 4) is 0 Å². The van der Waals surface area contributed by atoms with Crippen LogP contribution in [-0.2, 0) is 0 Å². The zero-order valence-electron chi connectivity index (χ0n) is 15.0. The molecule has 2 fully saturated rings. The topological polar surface area (TPSA) is 71.7 Å². The van der Waals surface area contributed by atoms with Crippen molar-refractivity contribution in [3.05, 3.63) is 28.7 Å². The lowest BCUT2D eigenvalue weighted by atomic mass is 9.99. The van der Waals surface area contributed by atoms with Crippen LogP contribution in [0.3, 0.4) is 0 Å². The first kappa shape index (κ1) is 17.9. The molecule has 2 saturated heterocycles. The summed E-state index contributed by atoms with van der Waals surface area (Å²) in [5.74, 6) is 0. The number of carbonyl (C=O) groups excluding carboxylic acids is 1. The number of hydrogen-bond acceptors (Lipinski definition) is 4. The van der Waals surface area contributed by atoms with Crippen molar-refractivity contribution in [1.82, 2.24) is 19.7 Å². The van der Waals surface area contributed by atoms with E-state index in [0.29, 0.717) is 5.69 Å². The van der Waals surface area contributed by atoms with Gasteiger partial charge in [-0.3, -0.25) is 4.79 Å². The maximum Gasteiger partial charge on any atom is 0.322 e. The van der Waals surface area contributed by atoms with E-state index in [2.05, 4.69) is 27.1 Å². The first-order valence-corrected chi connectivity index (χ1v) is 9.30. The third-order valence-electron chi connectivity index (χ3n) is 5.32. The first-order chi connectivity index (χ1) is 12.1. The number of urea groups is 1. The second kappa shape index (κ2) is 8.49. The summed E-state index contributed by atoms with van der Waals surface area (Å²) in [6.45, 7) is 6.25. The van der Waals surface area contributed by atoms with Gasteiger partial charge in [0.05, 0.1) is 0 Å². The Morgan fingerprint density at radius 1 is 1.24 bits per heavy atom. The number of aromatic nitrogens is 1. The second-order valence-electron chi connectivity index (χ2n) is 7.12. The van der Waals surface area contributed by atoms with Gasteiger partial charge < -0.3 is 25.0 Å². The number of rotatable bonds is 4. The van der Waals surface area contributed by atoms with E-state index in [0.717, 1.165) is 58.5 Å². The van der Waals surface area contributed by atoms with Crippen molar-refractivity contribution in [2.75, 3.05) is 51.6 Å². The summed E-state index contributed by atoms with van der Waals surface area (Å²) in [7, 11) is 2.16. The Labute approximate surface area is 149 Å². The fraction of sp³-hybridized carbons (Fsp3) is 0.667. The van der Waals surface area contributed by atoms with Gasteiger partial charge in [0, 0.05) is 51.5 Å². The molecule has 25 heavy (non-hydrogen) atoms. The minimum absolute atomic E-state index is 0.153. The summed E-state index contributed by atoms with van der Waals surface area (Å²) in [6.07, 6.45) is 5.82. The van der Waals surface area contributed by atoms with Crippen molar-refractivity contribution in [1.29, 1.82) is 0 Å². The molecule has 1 aromatic rings. The van der Waals surface area contributed by atoms with Crippen LogP contribution in [-0.4, -0.2) is 78.1 Å². The van der Waals surface area contributed by atoms with Crippen LogP contribution in [0.25, 0.3) is 0 Å². The fourth-order valence-corrected chi connectivity index (χ4v) is 3.68. The molecule has 2 amide bonds. The zero-order chi connectivity index (χ0) is 17.6. The molecule has 2 N–H and O–H groups in total. The number of anilines is 1. The van der Waals surface area contributed by atoms with Crippen LogP contribution < -0.4 is 10.9 Å². The van der Waals surface area contributed by atoms with Crippen molar-refractivity contribution in [2.24, 2.45) is 0 Å². The molecule has 0 spiro atoms. The van der Waals surface area contributed by atoms with Crippen LogP contribution >= 0.6 is 0 Å². The number of piperidine rings is 1. The molecule has 2 aliphatic heterocycles. The van der Waals surface area contributed by atoms with E-state index < -0.39 is 0 Å². The summed E-state index contributed by atoms with van der Waals surface area (Å²) in [4.78, 5) is 33.8. The molecule has 0 unspecified atom stereocenters. The second-order valence-corrected chi connectivity index (χ2v) is 7.12. The van der Waals surface area contributed by atoms with Crippen LogP contribution in [0.2, 0.25) is 0 Å². The van der Waals surface area contributed by atoms with Gasteiger partial charge in [-0.05, 0) is 44.9 Å². The monoisotopic (exact) mass is 347 g/mol. The number of aromatic amines is 1. The molecule has 7 heteroatoms. The zero-order valence-corrected chi connectivity index (χ0v) is 15.0. The van der Waals surface area contributed by atoms with E-state index in [1.807, 2.05) is 4.90 Å². The molecule has 0 bridgehead atoms. The maximum absolute atomic E-state index is 12.7. The number of nitrogens with one attached hydrogen (secondary N) is 2. The normalized spacial score (nSPS) is 22.8. The predicted octanol–water partition coefficient (Wildman–Crippen LogP) is 1.40. The van der Waals surface area contributed by atoms with E-state index in [4.69, 9.17) is 0 Å². The Hall–Kier alpha value is -1.86. The number of amides is 2. The number of pyridine rings is 1. The molecule has 0 aliphatic carbocycles. The molecular weight excluding hydrogens is 318 g/mol. The predicted molar refractivity (Wildman–Crippen MR) is 99.0 cm³/mol. The largest absolute Gasteiger partial charge is 0.327 e. The van der Waals surface area contributed by atoms with Gasteiger partial charge in [-0.25, -0.2) is 4.79 Å². The van der Waals surface area contributed by atoms with E-state index in [-0.39, 0.29) is 17.6 Å². The minimum Gasteiger partial charge on any atom is -0.327 e. The van der Waals surface area contributed by atoms with Gasteiger partial charge in [0.2, 0.25) is 0 Å². The molecule has 138 valence electrons. The van der Waals surface area contributed by atoms with Gasteiger partial charge in [0.25, 0.3) is 5.56 Å². The third kappa shape index (κ3) is 4.83. The third-order valence-corrected chi connectivity index (χ3v) is 5.32. The van der Waals surface area contributed by atoms with Crippen LogP contribution in [0.4, 0.5) is 10.5 Å². The van der Waals surface area contributed by atoms with Crippen molar-refractivity contribution >= 4 is 11.7 Å². The molecule has 3 heterocycles. The quantitative estimate of drug-likeness (QED) is 0.864. The average molecular weight is 347 g/mol. The molecule has 0 radical (unpaired) electrons. The lowest BCUT2D eigenvalue weighted by molar-refractivity contribution is 0.122. The fourth-order valence-electron chi connectivity index (χ4n) is 3.68. The molecule has 1 aromatic heterocycles. The lowest BCUT2D eigenvalue weighted by Gasteiger charge is -2.38. The summed E-state index contributed by atoms with van der Waals surface area (Å²) < 4.78 is 0. The number of piperazine rings is 1. The molecule has 2 aliphatic rings. The van der Waals surface area contributed by atoms with Crippen LogP contribution in [0.1, 0.15) is 25.7 Å². The SMILES string of the molecule is CN1CCN(CC[C@@H]2CCCCN2C(=O)Nc2ccc[nH]c2=O)CC1. The van der Waals surface area contributed by atoms with E-state index in [1.165, 1.54) is 6.42 Å². The highest BCUT2D eigenvalue weighted by atomic mass is 16.2. The van der Waals surface area contributed by atoms with Crippen molar-refractivity contribution < 1.29 is 4.79 Å². The maximum atomic E-state index is 12.7. The molecule has 7 nitrogen and oxygen atoms in total. The minimum atomic E-state index is -0.262. The Balaban J connectivity index is 1.56. The van der Waals surface area contributed by atoms with E-state index in [1.54, 1.807) is 18.3 Å². The Kier molecular flexibility index (Phi) is 6.09. The number of carbonyl (C=O) groups is 1. The highest BCUT2D eigenvalue weighted by Gasteiger charge is 2.27. The van der Waals surface area contributed by atoms with E-state index in [9.17, 15) is 9.59 Å². The Morgan fingerprint density at radius 3 is 2.80 bits per heavy atom. The van der Waals surface area contributed by atoms with Crippen LogP contribution in [0.15, 0.2) is 23.1 Å². The van der Waals surface area contributed by atoms with Crippen molar-refractivity contribution in [2.45, 2.75) is 31.7 Å². The summed E-state index contributed by atoms with van der Waals surface area (Å²) in [6, 6.07) is 3.47. The number of likely N-dealkylation sites (N-methyl/N-ethyl adjacent to an activating group) is 1. The van der Waals surface area contributed by atoms with Gasteiger partial charge in [-0.2, -0.15) is 0 Å². The standard InChI is InChI=1S/C18H29N5O2/c1-21-11-13-22(14-12-21)10-7-15-5-2-3-9-23(15)18(25)20-16-6-4-8-19-17(16)24/h4,6,8,15H,2-3,5,7,9-14H2,1H3,(H,19,24)(H,20,25)/t15-/m0/s1. The molecule has 0 saturated carbocycles. The van der Waals surface area contributed by atoms with Gasteiger partial charge >= 0.3 is 6.03 Å². The lowest BCUT2D eigenvalue weighted by Crippen LogP contribution is -2.49. The van der Waals surface area contributed by atoms with Gasteiger partial charge in [0.15, 0.2) is 0 Å². The summed E-state index contributed by atoms with van der Waals surface area (Å²) in [5.41, 5.74) is 0.0535. The molecule has 1 atom stereocenters. The molecule has 3 rings (SSSR count). The van der Waals surface area contributed by atoms with Gasteiger partial charge in [-0.1, -0.05) is 0 Å². The number of nitrogens with zero attached hydrogens (tertiary/aromatic N) is 3. The van der Waals surface area contributed by atoms with Crippen molar-refractivity contribution in [3.63, 3.8) is 0 Å². The molecular formula is C18H29N5O2. The average Bonchev–Trinajstić information content (AvgIpc) is 2.63. The Bertz CT molecular complexity index is 624. The highest BCUT2D eigenvalue weighted by molar-refractivity contribution is 5.89. The smallest absolute Gasteiger partial charge is 0.322 e. The highest BCUT2D eigenvalue weighted by Crippen LogP contribution is 2.21. The number of H-pyrrole nitrogens is 1. The van der Waals surface area contributed by atoms with Crippen LogP contribution in [0.5, 0.6) is 0 Å². The Morgan fingerprint density at radius 2 is 2.04 bits per heavy atom. The summed E-state index contributed by atoms with van der Waals surface area (Å²) in [5, 5.41) is 2.78. The van der Waals surface area contributed by atoms with Gasteiger partial charge in [0.1, 0.15) is 5.69 Å². The van der Waals surface area contributed by atoms with Gasteiger partial charge in [-0.15, -0.1) is 0 Å². The van der Waals surface area contributed by atoms with Crippen LogP contribution in [0, 0.1) is 0 Å². The first-order valence-electron chi connectivity index (χ1n) is 9.30. The van der Waals surface area contributed by atoms with E-state index >= 15 is 0 Å². The number of likely N-dealkylation sites (tertiary alicyclic amines) is 1. The number of hydrogen-bond donors (Lipinski definition) is 2.